The summed E-state index contributed by atoms with van der Waals surface area (Å²) in [6, 6.07) is 1.65. The summed E-state index contributed by atoms with van der Waals surface area (Å²) in [5.41, 5.74) is 3.66. The number of carbonyl (C=O) groups excluding carboxylic acids is 1. The highest BCUT2D eigenvalue weighted by Crippen LogP contribution is 2.23. The Morgan fingerprint density at radius 2 is 1.90 bits per heavy atom. The van der Waals surface area contributed by atoms with Crippen LogP contribution >= 0.6 is 0 Å². The molecule has 0 bridgehead atoms. The van der Waals surface area contributed by atoms with Gasteiger partial charge >= 0.3 is 6.18 Å². The van der Waals surface area contributed by atoms with Gasteiger partial charge in [0.15, 0.2) is 5.82 Å². The maximum absolute atomic E-state index is 13.7. The Bertz CT molecular complexity index is 516. The first-order chi connectivity index (χ1) is 9.67. The summed E-state index contributed by atoms with van der Waals surface area (Å²) in [7, 11) is 0. The van der Waals surface area contributed by atoms with Crippen molar-refractivity contribution in [1.29, 1.82) is 0 Å². The average molecular weight is 310 g/mol. The Hall–Kier alpha value is -1.86. The molecule has 2 N–H and O–H groups in total. The monoisotopic (exact) mass is 310 g/mol. The zero-order chi connectivity index (χ0) is 16.2. The van der Waals surface area contributed by atoms with Gasteiger partial charge in [-0.15, -0.1) is 0 Å². The van der Waals surface area contributed by atoms with E-state index in [2.05, 4.69) is 0 Å². The second-order valence-corrected chi connectivity index (χ2v) is 4.52. The van der Waals surface area contributed by atoms with Crippen LogP contribution in [-0.2, 0) is 0 Å². The highest BCUT2D eigenvalue weighted by molar-refractivity contribution is 5.95. The molecule has 0 aliphatic rings. The fraction of sp³-hybridized carbons (Fsp3) is 0.462. The lowest BCUT2D eigenvalue weighted by atomic mass is 10.1. The minimum atomic E-state index is -4.66. The molecular weight excluding hydrogens is 295 g/mol. The van der Waals surface area contributed by atoms with Crippen molar-refractivity contribution < 1.29 is 26.7 Å². The quantitative estimate of drug-likeness (QED) is 0.669. The number of nitrogens with two attached hydrogens (primary N) is 1. The Morgan fingerprint density at radius 1 is 1.29 bits per heavy atom. The predicted molar refractivity (Wildman–Crippen MR) is 67.6 cm³/mol. The molecule has 0 aromatic heterocycles. The van der Waals surface area contributed by atoms with Crippen molar-refractivity contribution in [2.75, 3.05) is 18.8 Å². The van der Waals surface area contributed by atoms with Gasteiger partial charge in [-0.3, -0.25) is 4.79 Å². The summed E-state index contributed by atoms with van der Waals surface area (Å²) in [4.78, 5) is 12.4. The van der Waals surface area contributed by atoms with Gasteiger partial charge in [0.05, 0.1) is 5.69 Å². The molecule has 0 aliphatic heterocycles. The third-order valence-corrected chi connectivity index (χ3v) is 2.77. The molecule has 0 heterocycles. The van der Waals surface area contributed by atoms with Crippen molar-refractivity contribution in [3.8, 4) is 0 Å². The van der Waals surface area contributed by atoms with Crippen LogP contribution in [0.1, 0.15) is 30.1 Å². The van der Waals surface area contributed by atoms with E-state index in [1.807, 2.05) is 0 Å². The van der Waals surface area contributed by atoms with Gasteiger partial charge in [-0.05, 0) is 18.6 Å². The van der Waals surface area contributed by atoms with E-state index < -0.39 is 41.5 Å². The summed E-state index contributed by atoms with van der Waals surface area (Å²) >= 11 is 0. The Balaban J connectivity index is 3.13. The summed E-state index contributed by atoms with van der Waals surface area (Å²) in [6.45, 7) is -0.0973. The van der Waals surface area contributed by atoms with Crippen molar-refractivity contribution in [3.63, 3.8) is 0 Å². The van der Waals surface area contributed by atoms with Crippen LogP contribution in [-0.4, -0.2) is 30.1 Å². The van der Waals surface area contributed by atoms with Gasteiger partial charge < -0.3 is 10.6 Å². The number of hydrogen-bond acceptors (Lipinski definition) is 2. The van der Waals surface area contributed by atoms with Crippen molar-refractivity contribution in [2.45, 2.75) is 25.9 Å². The molecule has 8 heteroatoms. The lowest BCUT2D eigenvalue weighted by molar-refractivity contribution is -0.140. The maximum Gasteiger partial charge on any atom is 0.406 e. The smallest absolute Gasteiger partial charge is 0.396 e. The first kappa shape index (κ1) is 17.2. The van der Waals surface area contributed by atoms with Crippen molar-refractivity contribution in [3.05, 3.63) is 29.3 Å². The summed E-state index contributed by atoms with van der Waals surface area (Å²) < 4.78 is 64.8. The van der Waals surface area contributed by atoms with Crippen LogP contribution in [0.25, 0.3) is 0 Å². The normalized spacial score (nSPS) is 11.5. The van der Waals surface area contributed by atoms with E-state index in [4.69, 9.17) is 5.73 Å². The predicted octanol–water partition coefficient (Wildman–Crippen LogP) is 3.35. The van der Waals surface area contributed by atoms with E-state index in [1.54, 1.807) is 6.92 Å². The highest BCUT2D eigenvalue weighted by atomic mass is 19.4. The molecule has 0 fully saturated rings. The van der Waals surface area contributed by atoms with E-state index in [9.17, 15) is 26.7 Å². The number of anilines is 1. The lowest BCUT2D eigenvalue weighted by Crippen LogP contribution is -2.40. The molecule has 0 aliphatic carbocycles. The summed E-state index contributed by atoms with van der Waals surface area (Å²) in [5, 5.41) is 0. The third-order valence-electron chi connectivity index (χ3n) is 2.77. The van der Waals surface area contributed by atoms with E-state index in [0.717, 1.165) is 12.1 Å². The van der Waals surface area contributed by atoms with Gasteiger partial charge in [0.1, 0.15) is 17.9 Å². The molecule has 1 rings (SSSR count). The number of amides is 1. The number of unbranched alkanes of at least 4 members (excludes halogenated alkanes) is 1. The van der Waals surface area contributed by atoms with Crippen LogP contribution in [0.4, 0.5) is 27.6 Å². The van der Waals surface area contributed by atoms with E-state index in [1.165, 1.54) is 0 Å². The molecule has 3 nitrogen and oxygen atoms in total. The molecule has 0 unspecified atom stereocenters. The standard InChI is InChI=1S/C13H15F5N2O/c1-2-3-6-20(7-13(16,17)18)12(21)10-8(14)4-5-9(19)11(10)15/h4-5H,2-3,6-7,19H2,1H3. The zero-order valence-corrected chi connectivity index (χ0v) is 11.3. The number of carbonyl (C=O) groups is 1. The van der Waals surface area contributed by atoms with E-state index >= 15 is 0 Å². The summed E-state index contributed by atoms with van der Waals surface area (Å²) in [5.74, 6) is -3.94. The van der Waals surface area contributed by atoms with E-state index in [-0.39, 0.29) is 13.0 Å². The number of hydrogen-bond donors (Lipinski definition) is 1. The summed E-state index contributed by atoms with van der Waals surface area (Å²) in [6.07, 6.45) is -3.84. The first-order valence-electron chi connectivity index (χ1n) is 6.27. The van der Waals surface area contributed by atoms with Crippen LogP contribution in [0.3, 0.4) is 0 Å². The maximum atomic E-state index is 13.7. The minimum Gasteiger partial charge on any atom is -0.396 e. The van der Waals surface area contributed by atoms with Crippen molar-refractivity contribution >= 4 is 11.6 Å². The van der Waals surface area contributed by atoms with Crippen LogP contribution in [0.5, 0.6) is 0 Å². The molecule has 0 radical (unpaired) electrons. The van der Waals surface area contributed by atoms with Crippen LogP contribution in [0.2, 0.25) is 0 Å². The van der Waals surface area contributed by atoms with Crippen LogP contribution < -0.4 is 5.73 Å². The second-order valence-electron chi connectivity index (χ2n) is 4.52. The van der Waals surface area contributed by atoms with Gasteiger partial charge in [-0.25, -0.2) is 8.78 Å². The molecule has 0 saturated heterocycles. The number of alkyl halides is 3. The van der Waals surface area contributed by atoms with Crippen LogP contribution in [0, 0.1) is 11.6 Å². The Morgan fingerprint density at radius 3 is 2.43 bits per heavy atom. The zero-order valence-electron chi connectivity index (χ0n) is 11.3. The van der Waals surface area contributed by atoms with E-state index in [0.29, 0.717) is 11.3 Å². The fourth-order valence-electron chi connectivity index (χ4n) is 1.74. The third kappa shape index (κ3) is 4.57. The highest BCUT2D eigenvalue weighted by Gasteiger charge is 2.35. The molecule has 0 atom stereocenters. The number of rotatable bonds is 5. The van der Waals surface area contributed by atoms with Gasteiger partial charge in [0.2, 0.25) is 0 Å². The molecule has 1 aromatic carbocycles. The Labute approximate surface area is 118 Å². The molecule has 1 aromatic rings. The van der Waals surface area contributed by atoms with Crippen LogP contribution in [0.15, 0.2) is 12.1 Å². The minimum absolute atomic E-state index is 0.247. The fourth-order valence-corrected chi connectivity index (χ4v) is 1.74. The molecule has 0 saturated carbocycles. The molecular formula is C13H15F5N2O. The SMILES string of the molecule is CCCCN(CC(F)(F)F)C(=O)c1c(F)ccc(N)c1F. The second kappa shape index (κ2) is 6.73. The topological polar surface area (TPSA) is 46.3 Å². The molecule has 118 valence electrons. The van der Waals surface area contributed by atoms with Crippen molar-refractivity contribution in [2.24, 2.45) is 0 Å². The van der Waals surface area contributed by atoms with Gasteiger partial charge in [-0.1, -0.05) is 13.3 Å². The largest absolute Gasteiger partial charge is 0.406 e. The average Bonchev–Trinajstić information content (AvgIpc) is 2.38. The number of halogens is 5. The Kier molecular flexibility index (Phi) is 5.51. The first-order valence-corrected chi connectivity index (χ1v) is 6.27. The molecule has 21 heavy (non-hydrogen) atoms. The molecule has 1 amide bonds. The van der Waals surface area contributed by atoms with Gasteiger partial charge in [0.25, 0.3) is 5.91 Å². The van der Waals surface area contributed by atoms with Gasteiger partial charge in [0, 0.05) is 6.54 Å². The lowest BCUT2D eigenvalue weighted by Gasteiger charge is -2.24. The van der Waals surface area contributed by atoms with Gasteiger partial charge in [-0.2, -0.15) is 13.2 Å². The number of nitrogens with zero attached hydrogens (tertiary/aromatic N) is 1. The van der Waals surface area contributed by atoms with Crippen molar-refractivity contribution in [1.82, 2.24) is 4.90 Å². The molecule has 0 spiro atoms. The number of benzene rings is 1. The number of nitrogen functional groups attached to an aromatic ring is 1.